The molecule has 3 fully saturated rings. The highest BCUT2D eigenvalue weighted by molar-refractivity contribution is 5.96. The minimum atomic E-state index is -0.332. The Morgan fingerprint density at radius 3 is 2.64 bits per heavy atom. The molecule has 0 aromatic heterocycles. The van der Waals surface area contributed by atoms with Crippen molar-refractivity contribution in [2.75, 3.05) is 0 Å². The first-order valence-electron chi connectivity index (χ1n) is 11.9. The van der Waals surface area contributed by atoms with Crippen molar-refractivity contribution in [3.05, 3.63) is 23.3 Å². The molecule has 28 heavy (non-hydrogen) atoms. The molecule has 2 heteroatoms. The van der Waals surface area contributed by atoms with Gasteiger partial charge in [0.2, 0.25) is 0 Å². The summed E-state index contributed by atoms with van der Waals surface area (Å²) in [5.74, 6) is 3.42. The molecule has 0 saturated heterocycles. The number of carbonyl (C=O) groups is 1. The fourth-order valence-corrected chi connectivity index (χ4v) is 6.56. The second kappa shape index (κ2) is 9.28. The lowest BCUT2D eigenvalue weighted by Crippen LogP contribution is -2.36. The highest BCUT2D eigenvalue weighted by atomic mass is 16.3. The van der Waals surface area contributed by atoms with E-state index in [4.69, 9.17) is 0 Å². The van der Waals surface area contributed by atoms with Crippen molar-refractivity contribution in [3.63, 3.8) is 0 Å². The Balaban J connectivity index is 1.70. The molecule has 1 N–H and O–H groups in total. The number of aliphatic hydroxyl groups excluding tert-OH is 1. The van der Waals surface area contributed by atoms with Crippen LogP contribution in [0.25, 0.3) is 0 Å². The number of Topliss-reactive ketones (excluding diaryl/α,β-unsaturated/α-hetero) is 1. The van der Waals surface area contributed by atoms with Crippen LogP contribution in [0.4, 0.5) is 0 Å². The first-order chi connectivity index (χ1) is 13.3. The Bertz CT molecular complexity index is 614. The van der Waals surface area contributed by atoms with E-state index >= 15 is 0 Å². The quantitative estimate of drug-likeness (QED) is 0.520. The second-order valence-electron chi connectivity index (χ2n) is 10.7. The summed E-state index contributed by atoms with van der Waals surface area (Å²) in [6, 6.07) is 0. The molecule has 0 aliphatic heterocycles. The predicted octanol–water partition coefficient (Wildman–Crippen LogP) is 6.63. The first-order valence-corrected chi connectivity index (χ1v) is 11.9. The number of hydrogen-bond donors (Lipinski definition) is 1. The van der Waals surface area contributed by atoms with Gasteiger partial charge in [-0.15, -0.1) is 0 Å². The van der Waals surface area contributed by atoms with Gasteiger partial charge in [-0.2, -0.15) is 0 Å². The Morgan fingerprint density at radius 1 is 1.11 bits per heavy atom. The molecular weight excluding hydrogens is 344 g/mol. The summed E-state index contributed by atoms with van der Waals surface area (Å²) >= 11 is 0. The maximum atomic E-state index is 12.2. The van der Waals surface area contributed by atoms with Gasteiger partial charge in [0.05, 0.1) is 6.10 Å². The molecule has 3 aliphatic carbocycles. The van der Waals surface area contributed by atoms with E-state index in [0.717, 1.165) is 23.3 Å². The summed E-state index contributed by atoms with van der Waals surface area (Å²) in [4.78, 5) is 12.2. The summed E-state index contributed by atoms with van der Waals surface area (Å²) in [6.07, 6.45) is 16.3. The highest BCUT2D eigenvalue weighted by Crippen LogP contribution is 2.59. The summed E-state index contributed by atoms with van der Waals surface area (Å²) in [7, 11) is 0. The molecule has 3 saturated carbocycles. The maximum Gasteiger partial charge on any atom is 0.159 e. The van der Waals surface area contributed by atoms with Crippen LogP contribution in [0.1, 0.15) is 98.3 Å². The molecule has 0 radical (unpaired) electrons. The maximum absolute atomic E-state index is 12.2. The Kier molecular flexibility index (Phi) is 7.23. The van der Waals surface area contributed by atoms with Gasteiger partial charge < -0.3 is 5.11 Å². The first kappa shape index (κ1) is 21.8. The number of allylic oxidation sites excluding steroid dienone is 3. The molecule has 0 aromatic rings. The van der Waals surface area contributed by atoms with E-state index in [1.54, 1.807) is 5.57 Å². The molecule has 3 aliphatic rings. The predicted molar refractivity (Wildman–Crippen MR) is 117 cm³/mol. The average molecular weight is 387 g/mol. The van der Waals surface area contributed by atoms with Crippen molar-refractivity contribution >= 4 is 5.78 Å². The van der Waals surface area contributed by atoms with Gasteiger partial charge in [-0.05, 0) is 73.2 Å². The minimum Gasteiger partial charge on any atom is -0.393 e. The average Bonchev–Trinajstić information content (AvgIpc) is 2.99. The molecule has 0 heterocycles. The van der Waals surface area contributed by atoms with Gasteiger partial charge in [-0.1, -0.05) is 64.7 Å². The number of ketones is 1. The third-order valence-electron chi connectivity index (χ3n) is 8.18. The zero-order valence-electron chi connectivity index (χ0n) is 18.7. The smallest absolute Gasteiger partial charge is 0.159 e. The summed E-state index contributed by atoms with van der Waals surface area (Å²) in [6.45, 7) is 9.73. The number of carbonyl (C=O) groups excluding carboxylic acids is 1. The monoisotopic (exact) mass is 386 g/mol. The standard InChI is InChI=1S/C26H42O2/c1-18(2)7-5-8-19(3)23-13-14-24-20(9-6-16-26(23,24)4)10-11-21-17-22(27)12-15-25(21)28/h10-11,18-19,22-24,27H,5-9,12-17H2,1-4H3/b20-10+,21-11+/t19-,22-,23-,24+,26-/m1/s1. The lowest BCUT2D eigenvalue weighted by molar-refractivity contribution is -0.117. The Hall–Kier alpha value is -0.890. The lowest BCUT2D eigenvalue weighted by Gasteiger charge is -2.44. The fraction of sp³-hybridized carbons (Fsp3) is 0.808. The van der Waals surface area contributed by atoms with Crippen LogP contribution in [0.3, 0.4) is 0 Å². The van der Waals surface area contributed by atoms with Crippen LogP contribution in [-0.4, -0.2) is 17.0 Å². The minimum absolute atomic E-state index is 0.240. The van der Waals surface area contributed by atoms with Crippen molar-refractivity contribution in [2.45, 2.75) is 104 Å². The van der Waals surface area contributed by atoms with Gasteiger partial charge in [0.1, 0.15) is 0 Å². The van der Waals surface area contributed by atoms with Gasteiger partial charge in [0.15, 0.2) is 5.78 Å². The fourth-order valence-electron chi connectivity index (χ4n) is 6.56. The molecule has 158 valence electrons. The van der Waals surface area contributed by atoms with Gasteiger partial charge in [-0.3, -0.25) is 4.79 Å². The topological polar surface area (TPSA) is 37.3 Å². The molecule has 0 bridgehead atoms. The number of hydrogen-bond acceptors (Lipinski definition) is 2. The molecular formula is C26H42O2. The largest absolute Gasteiger partial charge is 0.393 e. The highest BCUT2D eigenvalue weighted by Gasteiger charge is 2.50. The zero-order chi connectivity index (χ0) is 20.3. The van der Waals surface area contributed by atoms with Crippen LogP contribution in [0, 0.1) is 29.1 Å². The number of rotatable bonds is 6. The Morgan fingerprint density at radius 2 is 1.89 bits per heavy atom. The van der Waals surface area contributed by atoms with E-state index in [2.05, 4.69) is 39.8 Å². The zero-order valence-corrected chi connectivity index (χ0v) is 18.7. The number of aliphatic hydroxyl groups is 1. The van der Waals surface area contributed by atoms with E-state index in [1.165, 1.54) is 51.4 Å². The van der Waals surface area contributed by atoms with E-state index in [-0.39, 0.29) is 11.9 Å². The van der Waals surface area contributed by atoms with Crippen molar-refractivity contribution in [1.29, 1.82) is 0 Å². The molecule has 3 rings (SSSR count). The van der Waals surface area contributed by atoms with Crippen LogP contribution in [0.5, 0.6) is 0 Å². The van der Waals surface area contributed by atoms with Crippen LogP contribution in [0.2, 0.25) is 0 Å². The van der Waals surface area contributed by atoms with Crippen molar-refractivity contribution in [2.24, 2.45) is 29.1 Å². The van der Waals surface area contributed by atoms with Crippen LogP contribution in [-0.2, 0) is 4.79 Å². The second-order valence-corrected chi connectivity index (χ2v) is 10.7. The van der Waals surface area contributed by atoms with Gasteiger partial charge in [-0.25, -0.2) is 0 Å². The van der Waals surface area contributed by atoms with E-state index in [1.807, 2.05) is 0 Å². The van der Waals surface area contributed by atoms with Gasteiger partial charge in [0, 0.05) is 12.8 Å². The summed E-state index contributed by atoms with van der Waals surface area (Å²) in [5.41, 5.74) is 2.86. The SMILES string of the molecule is CC(C)CCC[C@@H](C)[C@H]1CC[C@H]2/C(=C/C=C3\C[C@H](O)CCC3=O)CCC[C@]12C. The summed E-state index contributed by atoms with van der Waals surface area (Å²) in [5, 5.41) is 9.91. The van der Waals surface area contributed by atoms with Gasteiger partial charge in [0.25, 0.3) is 0 Å². The normalized spacial score (nSPS) is 37.6. The van der Waals surface area contributed by atoms with Gasteiger partial charge >= 0.3 is 0 Å². The van der Waals surface area contributed by atoms with Crippen LogP contribution in [0.15, 0.2) is 23.3 Å². The van der Waals surface area contributed by atoms with E-state index in [0.29, 0.717) is 30.6 Å². The molecule has 5 atom stereocenters. The summed E-state index contributed by atoms with van der Waals surface area (Å²) < 4.78 is 0. The molecule has 0 spiro atoms. The van der Waals surface area contributed by atoms with Crippen molar-refractivity contribution in [1.82, 2.24) is 0 Å². The van der Waals surface area contributed by atoms with Crippen LogP contribution < -0.4 is 0 Å². The number of fused-ring (bicyclic) bond motifs is 1. The van der Waals surface area contributed by atoms with Crippen molar-refractivity contribution in [3.8, 4) is 0 Å². The molecule has 0 aromatic carbocycles. The van der Waals surface area contributed by atoms with E-state index < -0.39 is 0 Å². The molecule has 2 nitrogen and oxygen atoms in total. The lowest BCUT2D eigenvalue weighted by atomic mass is 9.60. The Labute approximate surface area is 172 Å². The van der Waals surface area contributed by atoms with E-state index in [9.17, 15) is 9.90 Å². The van der Waals surface area contributed by atoms with Crippen LogP contribution >= 0.6 is 0 Å². The third-order valence-corrected chi connectivity index (χ3v) is 8.18. The molecule has 0 unspecified atom stereocenters. The van der Waals surface area contributed by atoms with Crippen molar-refractivity contribution < 1.29 is 9.90 Å². The third kappa shape index (κ3) is 4.81. The molecule has 0 amide bonds.